The van der Waals surface area contributed by atoms with Crippen LogP contribution in [0.1, 0.15) is 38.7 Å². The lowest BCUT2D eigenvalue weighted by molar-refractivity contribution is -0.159. The Bertz CT molecular complexity index is 1210. The summed E-state index contributed by atoms with van der Waals surface area (Å²) in [6, 6.07) is 3.69. The highest BCUT2D eigenvalue weighted by molar-refractivity contribution is 6.25. The molecule has 214 valence electrons. The second-order valence-electron chi connectivity index (χ2n) is 8.62. The van der Waals surface area contributed by atoms with Crippen molar-refractivity contribution in [1.82, 2.24) is 9.97 Å². The van der Waals surface area contributed by atoms with E-state index in [2.05, 4.69) is 27.9 Å². The van der Waals surface area contributed by atoms with Gasteiger partial charge in [0, 0.05) is 26.3 Å². The van der Waals surface area contributed by atoms with Crippen molar-refractivity contribution in [2.45, 2.75) is 51.4 Å². The lowest BCUT2D eigenvalue weighted by atomic mass is 10.1. The molecule has 0 radical (unpaired) electrons. The molecule has 1 aromatic heterocycles. The van der Waals surface area contributed by atoms with Crippen molar-refractivity contribution in [3.8, 4) is 11.6 Å². The first-order valence-corrected chi connectivity index (χ1v) is 10.8. The summed E-state index contributed by atoms with van der Waals surface area (Å²) in [5.74, 6) is -10.6. The number of allylic oxidation sites excluding steroid dienone is 1. The van der Waals surface area contributed by atoms with Crippen LogP contribution in [0.2, 0.25) is 0 Å². The first kappa shape index (κ1) is 31.4. The van der Waals surface area contributed by atoms with Crippen molar-refractivity contribution in [1.29, 1.82) is 0 Å². The Morgan fingerprint density at radius 3 is 1.92 bits per heavy atom. The van der Waals surface area contributed by atoms with Crippen LogP contribution in [0.15, 0.2) is 43.5 Å². The summed E-state index contributed by atoms with van der Waals surface area (Å²) in [7, 11) is 0. The number of carbonyl (C=O) groups excluding carboxylic acids is 1. The van der Waals surface area contributed by atoms with Crippen molar-refractivity contribution in [3.63, 3.8) is 0 Å². The van der Waals surface area contributed by atoms with Crippen LogP contribution in [0, 0.1) is 0 Å². The maximum Gasteiger partial charge on any atom is 0.491 e. The van der Waals surface area contributed by atoms with Gasteiger partial charge in [0.15, 0.2) is 12.4 Å². The lowest BCUT2D eigenvalue weighted by Crippen LogP contribution is -2.43. The summed E-state index contributed by atoms with van der Waals surface area (Å²) in [4.78, 5) is 19.6. The highest BCUT2D eigenvalue weighted by Gasteiger charge is 2.44. The molecule has 39 heavy (non-hydrogen) atoms. The van der Waals surface area contributed by atoms with Gasteiger partial charge in [0.25, 0.3) is 11.8 Å². The molecule has 0 fully saturated rings. The van der Waals surface area contributed by atoms with Gasteiger partial charge in [0.05, 0.1) is 17.0 Å². The van der Waals surface area contributed by atoms with E-state index in [-0.39, 0.29) is 5.57 Å². The van der Waals surface area contributed by atoms with Gasteiger partial charge in [0.1, 0.15) is 5.75 Å². The number of benzene rings is 1. The molecule has 0 spiro atoms. The molecule has 0 aliphatic carbocycles. The van der Waals surface area contributed by atoms with E-state index in [9.17, 15) is 44.3 Å². The molecule has 2 rings (SSSR count). The van der Waals surface area contributed by atoms with Crippen LogP contribution in [0.3, 0.4) is 0 Å². The van der Waals surface area contributed by atoms with E-state index in [1.54, 1.807) is 0 Å². The predicted octanol–water partition coefficient (Wildman–Crippen LogP) is 7.13. The molecule has 0 unspecified atom stereocenters. The number of aromatic nitrogens is 2. The van der Waals surface area contributed by atoms with Crippen molar-refractivity contribution < 1.29 is 53.8 Å². The van der Waals surface area contributed by atoms with E-state index in [4.69, 9.17) is 4.74 Å². The van der Waals surface area contributed by atoms with E-state index >= 15 is 0 Å². The largest absolute Gasteiger partial charge is 0.491 e. The van der Waals surface area contributed by atoms with Crippen molar-refractivity contribution in [3.05, 3.63) is 55.0 Å². The molecule has 15 heteroatoms. The number of rotatable bonds is 11. The van der Waals surface area contributed by atoms with E-state index in [1.165, 1.54) is 0 Å². The quantitative estimate of drug-likeness (QED) is 0.163. The molecule has 0 aliphatic heterocycles. The molecule has 1 heterocycles. The predicted molar refractivity (Wildman–Crippen MR) is 123 cm³/mol. The minimum Gasteiger partial charge on any atom is -0.471 e. The van der Waals surface area contributed by atoms with E-state index in [0.29, 0.717) is 32.9 Å². The highest BCUT2D eigenvalue weighted by Crippen LogP contribution is 2.34. The smallest absolute Gasteiger partial charge is 0.471 e. The number of alkyl halides is 9. The zero-order valence-corrected chi connectivity index (χ0v) is 20.7. The highest BCUT2D eigenvalue weighted by atomic mass is 19.4. The Balaban J connectivity index is 2.50. The topological polar surface area (TPSA) is 64.5 Å². The van der Waals surface area contributed by atoms with Gasteiger partial charge in [0.2, 0.25) is 11.8 Å². The number of halogens is 9. The van der Waals surface area contributed by atoms with Crippen LogP contribution in [-0.2, 0) is 4.79 Å². The molecule has 2 aromatic rings. The first-order valence-electron chi connectivity index (χ1n) is 10.8. The molecule has 1 amide bonds. The number of anilines is 1. The first-order chi connectivity index (χ1) is 17.6. The van der Waals surface area contributed by atoms with Crippen LogP contribution in [0.5, 0.6) is 11.6 Å². The van der Waals surface area contributed by atoms with Crippen LogP contribution in [0.25, 0.3) is 11.1 Å². The number of nitrogens with zero attached hydrogens (tertiary/aromatic N) is 3. The molecule has 6 nitrogen and oxygen atoms in total. The average molecular weight is 571 g/mol. The molecule has 1 aromatic carbocycles. The summed E-state index contributed by atoms with van der Waals surface area (Å²) in [6.45, 7) is 6.87. The minimum absolute atomic E-state index is 0.365. The molecular weight excluding hydrogens is 549 g/mol. The van der Waals surface area contributed by atoms with Gasteiger partial charge < -0.3 is 9.47 Å². The second-order valence-corrected chi connectivity index (χ2v) is 8.62. The average Bonchev–Trinajstić information content (AvgIpc) is 2.74. The second kappa shape index (κ2) is 11.1. The molecule has 0 aliphatic rings. The Morgan fingerprint density at radius 1 is 0.897 bits per heavy atom. The fraction of sp³-hybridized carbons (Fsp3) is 0.375. The number of amides is 1. The van der Waals surface area contributed by atoms with Crippen LogP contribution in [0.4, 0.5) is 45.2 Å². The van der Waals surface area contributed by atoms with E-state index in [0.717, 1.165) is 18.2 Å². The number of hydrogen-bond donors (Lipinski definition) is 0. The van der Waals surface area contributed by atoms with Gasteiger partial charge in [-0.1, -0.05) is 13.2 Å². The lowest BCUT2D eigenvalue weighted by Gasteiger charge is -2.26. The molecule has 0 saturated heterocycles. The Hall–Kier alpha value is -3.78. The summed E-state index contributed by atoms with van der Waals surface area (Å²) in [6.07, 6.45) is -10.00. The number of carbonyl (C=O) groups is 1. The third-order valence-electron chi connectivity index (χ3n) is 4.44. The monoisotopic (exact) mass is 571 g/mol. The minimum atomic E-state index is -5.38. The van der Waals surface area contributed by atoms with Crippen LogP contribution >= 0.6 is 0 Å². The fourth-order valence-corrected chi connectivity index (χ4v) is 2.96. The maximum absolute atomic E-state index is 13.9. The van der Waals surface area contributed by atoms with Gasteiger partial charge in [-0.2, -0.15) is 13.8 Å². The Morgan fingerprint density at radius 2 is 1.46 bits per heavy atom. The molecule has 0 N–H and O–H groups in total. The summed E-state index contributed by atoms with van der Waals surface area (Å²) in [5, 5.41) is 0. The third-order valence-corrected chi connectivity index (χ3v) is 4.44. The third kappa shape index (κ3) is 9.80. The Labute approximate surface area is 216 Å². The van der Waals surface area contributed by atoms with Gasteiger partial charge in [-0.15, -0.1) is 13.2 Å². The summed E-state index contributed by atoms with van der Waals surface area (Å²) < 4.78 is 130. The zero-order valence-electron chi connectivity index (χ0n) is 20.7. The van der Waals surface area contributed by atoms with Gasteiger partial charge in [-0.05, 0) is 36.8 Å². The number of ether oxygens (including phenoxy) is 2. The zero-order chi connectivity index (χ0) is 30.0. The van der Waals surface area contributed by atoms with Crippen molar-refractivity contribution in [2.24, 2.45) is 0 Å². The van der Waals surface area contributed by atoms with Crippen molar-refractivity contribution >= 4 is 22.7 Å². The number of hydrogen-bond acceptors (Lipinski definition) is 5. The molecule has 0 saturated carbocycles. The standard InChI is InChI=1S/C24H22F9N3O3/c1-13(11-21(3,25)26)17-10-18(38-12-22(4,27)28)35-19(34-17)14(2)20(37)36(24(31,32)33)15-6-8-16(9-7-15)39-23(5,29)30/h6-10H,1-2,11-12H2,3-5H3. The van der Waals surface area contributed by atoms with E-state index < -0.39 is 82.5 Å². The fourth-order valence-electron chi connectivity index (χ4n) is 2.96. The van der Waals surface area contributed by atoms with Crippen molar-refractivity contribution in [2.75, 3.05) is 11.5 Å². The van der Waals surface area contributed by atoms with Gasteiger partial charge >= 0.3 is 12.4 Å². The van der Waals surface area contributed by atoms with Crippen LogP contribution < -0.4 is 14.4 Å². The van der Waals surface area contributed by atoms with Crippen LogP contribution in [-0.4, -0.2) is 46.7 Å². The normalized spacial score (nSPS) is 12.6. The van der Waals surface area contributed by atoms with Gasteiger partial charge in [-0.3, -0.25) is 4.79 Å². The summed E-state index contributed by atoms with van der Waals surface area (Å²) >= 11 is 0. The SMILES string of the molecule is C=C(CC(C)(F)F)c1cc(OCC(C)(F)F)nc(C(=C)C(=O)N(c2ccc(OC(C)(F)F)cc2)C(F)(F)F)n1. The maximum atomic E-state index is 13.9. The van der Waals surface area contributed by atoms with E-state index in [1.807, 2.05) is 0 Å². The molecule has 0 bridgehead atoms. The van der Waals surface area contributed by atoms with Gasteiger partial charge in [-0.25, -0.2) is 27.4 Å². The molecular formula is C24H22F9N3O3. The summed E-state index contributed by atoms with van der Waals surface area (Å²) in [5.41, 5.74) is -2.66. The molecule has 0 atom stereocenters. The Kier molecular flexibility index (Phi) is 8.98.